The van der Waals surface area contributed by atoms with Crippen molar-refractivity contribution in [2.75, 3.05) is 6.54 Å². The second-order valence-corrected chi connectivity index (χ2v) is 12.2. The van der Waals surface area contributed by atoms with Crippen LogP contribution in [0.1, 0.15) is 36.8 Å². The van der Waals surface area contributed by atoms with Crippen LogP contribution in [0.15, 0.2) is 107 Å². The van der Waals surface area contributed by atoms with E-state index in [4.69, 9.17) is 10.8 Å². The molecule has 9 heteroatoms. The minimum atomic E-state index is -4.08. The number of nitrogens with one attached hydrogen (secondary N) is 1. The SMILES string of the molecule is Cc1ccc(-c2nn(Cc3ccc(-c4ccccc4S(=O)(=O)NC(=O)CCCCCN)cc3)c(=O)c3ccccc23)cc1. The van der Waals surface area contributed by atoms with Gasteiger partial charge < -0.3 is 5.73 Å². The van der Waals surface area contributed by atoms with E-state index in [1.165, 1.54) is 10.7 Å². The molecule has 1 aromatic heterocycles. The monoisotopic (exact) mass is 594 g/mol. The van der Waals surface area contributed by atoms with E-state index in [1.54, 1.807) is 18.2 Å². The minimum Gasteiger partial charge on any atom is -0.330 e. The number of fused-ring (bicyclic) bond motifs is 1. The van der Waals surface area contributed by atoms with Gasteiger partial charge in [-0.1, -0.05) is 96.9 Å². The molecule has 8 nitrogen and oxygen atoms in total. The maximum atomic E-state index is 13.4. The van der Waals surface area contributed by atoms with Crippen molar-refractivity contribution in [3.63, 3.8) is 0 Å². The van der Waals surface area contributed by atoms with Crippen LogP contribution in [0.3, 0.4) is 0 Å². The molecule has 4 aromatic carbocycles. The molecular weight excluding hydrogens is 560 g/mol. The summed E-state index contributed by atoms with van der Waals surface area (Å²) in [7, 11) is -4.08. The standard InChI is InChI=1S/C34H34N4O4S/c1-24-14-18-27(19-15-24)33-29-10-4-5-11-30(29)34(40)38(36-33)23-25-16-20-26(21-17-25)28-9-6-7-12-31(28)43(41,42)37-32(39)13-3-2-8-22-35/h4-7,9-12,14-21H,2-3,8,13,22-23,35H2,1H3,(H,37,39). The molecule has 1 amide bonds. The number of unbranched alkanes of at least 4 members (excludes halogenated alkanes) is 2. The molecule has 0 atom stereocenters. The summed E-state index contributed by atoms with van der Waals surface area (Å²) in [5, 5.41) is 6.14. The van der Waals surface area contributed by atoms with E-state index < -0.39 is 15.9 Å². The number of nitrogens with two attached hydrogens (primary N) is 1. The van der Waals surface area contributed by atoms with E-state index in [-0.39, 0.29) is 23.4 Å². The van der Waals surface area contributed by atoms with E-state index in [0.29, 0.717) is 29.5 Å². The number of hydrogen-bond donors (Lipinski definition) is 2. The highest BCUT2D eigenvalue weighted by molar-refractivity contribution is 7.90. The largest absolute Gasteiger partial charge is 0.330 e. The summed E-state index contributed by atoms with van der Waals surface area (Å²) in [6.45, 7) is 2.80. The van der Waals surface area contributed by atoms with Crippen molar-refractivity contribution in [2.45, 2.75) is 44.0 Å². The molecule has 0 aliphatic carbocycles. The van der Waals surface area contributed by atoms with Gasteiger partial charge in [0.05, 0.1) is 22.5 Å². The van der Waals surface area contributed by atoms with Gasteiger partial charge in [0.25, 0.3) is 15.6 Å². The fourth-order valence-electron chi connectivity index (χ4n) is 5.03. The zero-order valence-electron chi connectivity index (χ0n) is 24.0. The van der Waals surface area contributed by atoms with E-state index in [2.05, 4.69) is 4.72 Å². The first-order valence-corrected chi connectivity index (χ1v) is 15.8. The molecule has 0 spiro atoms. The van der Waals surface area contributed by atoms with Gasteiger partial charge in [0.2, 0.25) is 5.91 Å². The highest BCUT2D eigenvalue weighted by Gasteiger charge is 2.21. The average Bonchev–Trinajstić information content (AvgIpc) is 3.01. The summed E-state index contributed by atoms with van der Waals surface area (Å²) >= 11 is 0. The van der Waals surface area contributed by atoms with E-state index >= 15 is 0 Å². The summed E-state index contributed by atoms with van der Waals surface area (Å²) in [6.07, 6.45) is 2.24. The summed E-state index contributed by atoms with van der Waals surface area (Å²) in [4.78, 5) is 25.8. The fraction of sp³-hybridized carbons (Fsp3) is 0.206. The van der Waals surface area contributed by atoms with Gasteiger partial charge in [0.1, 0.15) is 0 Å². The number of aromatic nitrogens is 2. The molecule has 0 radical (unpaired) electrons. The Morgan fingerprint density at radius 1 is 0.814 bits per heavy atom. The molecule has 0 aliphatic rings. The van der Waals surface area contributed by atoms with Crippen molar-refractivity contribution in [1.29, 1.82) is 0 Å². The molecule has 5 aromatic rings. The van der Waals surface area contributed by atoms with E-state index in [9.17, 15) is 18.0 Å². The number of benzene rings is 4. The van der Waals surface area contributed by atoms with Gasteiger partial charge in [-0.25, -0.2) is 17.8 Å². The van der Waals surface area contributed by atoms with Crippen LogP contribution in [0.25, 0.3) is 33.2 Å². The summed E-state index contributed by atoms with van der Waals surface area (Å²) in [5.74, 6) is -0.541. The van der Waals surface area contributed by atoms with Crippen LogP contribution >= 0.6 is 0 Å². The Kier molecular flexibility index (Phi) is 9.13. The zero-order chi connectivity index (χ0) is 30.4. The molecule has 0 unspecified atom stereocenters. The number of amides is 1. The Hall–Kier alpha value is -4.60. The molecule has 3 N–H and O–H groups in total. The number of aryl methyl sites for hydroxylation is 1. The Labute approximate surface area is 251 Å². The molecule has 43 heavy (non-hydrogen) atoms. The van der Waals surface area contributed by atoms with Crippen molar-refractivity contribution in [3.05, 3.63) is 119 Å². The molecule has 0 saturated carbocycles. The van der Waals surface area contributed by atoms with Gasteiger partial charge in [0.15, 0.2) is 0 Å². The Bertz CT molecular complexity index is 1920. The summed E-state index contributed by atoms with van der Waals surface area (Å²) in [5.41, 5.74) is 10.1. The summed E-state index contributed by atoms with van der Waals surface area (Å²) in [6, 6.07) is 29.4. The quantitative estimate of drug-likeness (QED) is 0.197. The highest BCUT2D eigenvalue weighted by Crippen LogP contribution is 2.28. The number of hydrogen-bond acceptors (Lipinski definition) is 6. The predicted molar refractivity (Wildman–Crippen MR) is 170 cm³/mol. The minimum absolute atomic E-state index is 0.0215. The first-order chi connectivity index (χ1) is 20.8. The number of rotatable bonds is 11. The van der Waals surface area contributed by atoms with Gasteiger partial charge >= 0.3 is 0 Å². The molecule has 5 rings (SSSR count). The Balaban J connectivity index is 1.41. The lowest BCUT2D eigenvalue weighted by Crippen LogP contribution is -2.30. The molecular formula is C34H34N4O4S. The number of sulfonamides is 1. The van der Waals surface area contributed by atoms with Crippen LogP contribution in [0.2, 0.25) is 0 Å². The third kappa shape index (κ3) is 6.90. The van der Waals surface area contributed by atoms with Gasteiger partial charge in [-0.15, -0.1) is 0 Å². The Morgan fingerprint density at radius 2 is 1.47 bits per heavy atom. The maximum Gasteiger partial charge on any atom is 0.274 e. The number of nitrogens with zero attached hydrogens (tertiary/aromatic N) is 2. The van der Waals surface area contributed by atoms with Crippen molar-refractivity contribution in [1.82, 2.24) is 14.5 Å². The fourth-order valence-corrected chi connectivity index (χ4v) is 6.28. The zero-order valence-corrected chi connectivity index (χ0v) is 24.8. The first kappa shape index (κ1) is 29.9. The summed E-state index contributed by atoms with van der Waals surface area (Å²) < 4.78 is 30.0. The normalized spacial score (nSPS) is 11.5. The van der Waals surface area contributed by atoms with E-state index in [0.717, 1.165) is 40.6 Å². The molecule has 0 fully saturated rings. The molecule has 0 saturated heterocycles. The lowest BCUT2D eigenvalue weighted by molar-refractivity contribution is -0.119. The number of carbonyl (C=O) groups is 1. The first-order valence-electron chi connectivity index (χ1n) is 14.3. The third-order valence-corrected chi connectivity index (χ3v) is 8.75. The van der Waals surface area contributed by atoms with Gasteiger partial charge in [-0.3, -0.25) is 9.59 Å². The van der Waals surface area contributed by atoms with Gasteiger partial charge in [-0.05, 0) is 49.6 Å². The van der Waals surface area contributed by atoms with Crippen molar-refractivity contribution in [3.8, 4) is 22.4 Å². The van der Waals surface area contributed by atoms with Crippen molar-refractivity contribution < 1.29 is 13.2 Å². The van der Waals surface area contributed by atoms with Crippen LogP contribution in [-0.4, -0.2) is 30.7 Å². The molecule has 220 valence electrons. The Morgan fingerprint density at radius 3 is 2.19 bits per heavy atom. The molecule has 1 heterocycles. The second kappa shape index (κ2) is 13.1. The van der Waals surface area contributed by atoms with Crippen LogP contribution in [0.4, 0.5) is 0 Å². The van der Waals surface area contributed by atoms with Crippen LogP contribution < -0.4 is 16.0 Å². The van der Waals surface area contributed by atoms with Gasteiger partial charge in [0, 0.05) is 22.9 Å². The third-order valence-electron chi connectivity index (χ3n) is 7.32. The lowest BCUT2D eigenvalue weighted by atomic mass is 10.0. The highest BCUT2D eigenvalue weighted by atomic mass is 32.2. The predicted octanol–water partition coefficient (Wildman–Crippen LogP) is 5.41. The molecule has 0 aliphatic heterocycles. The van der Waals surface area contributed by atoms with Gasteiger partial charge in [-0.2, -0.15) is 5.10 Å². The van der Waals surface area contributed by atoms with Crippen molar-refractivity contribution >= 4 is 26.7 Å². The smallest absolute Gasteiger partial charge is 0.274 e. The molecule has 0 bridgehead atoms. The number of carbonyl (C=O) groups excluding carboxylic acids is 1. The lowest BCUT2D eigenvalue weighted by Gasteiger charge is -2.13. The van der Waals surface area contributed by atoms with Crippen LogP contribution in [0.5, 0.6) is 0 Å². The second-order valence-electron chi connectivity index (χ2n) is 10.5. The van der Waals surface area contributed by atoms with Crippen LogP contribution in [0, 0.1) is 6.92 Å². The van der Waals surface area contributed by atoms with Crippen molar-refractivity contribution in [2.24, 2.45) is 5.73 Å². The van der Waals surface area contributed by atoms with E-state index in [1.807, 2.05) is 79.7 Å². The van der Waals surface area contributed by atoms with Crippen LogP contribution in [-0.2, 0) is 21.4 Å². The average molecular weight is 595 g/mol. The topological polar surface area (TPSA) is 124 Å². The maximum absolute atomic E-state index is 13.4.